The molecule has 6 rings (SSSR count). The molecule has 0 N–H and O–H groups in total. The molecule has 3 aromatic rings. The number of hydrogen-bond acceptors (Lipinski definition) is 0. The quantitative estimate of drug-likeness (QED) is 0.144. The van der Waals surface area contributed by atoms with Crippen LogP contribution in [0.3, 0.4) is 0 Å². The Balaban J connectivity index is 0.000000223. The summed E-state index contributed by atoms with van der Waals surface area (Å²) in [6.45, 7) is 23.1. The zero-order valence-electron chi connectivity index (χ0n) is 25.8. The number of fused-ring (bicyclic) bond motifs is 6. The van der Waals surface area contributed by atoms with Gasteiger partial charge in [-0.05, 0) is 149 Å². The molecule has 3 aliphatic rings. The first-order valence-corrected chi connectivity index (χ1v) is 20.0. The molecule has 3 heterocycles. The zero-order chi connectivity index (χ0) is 29.5. The van der Waals surface area contributed by atoms with Crippen molar-refractivity contribution < 1.29 is 17.3 Å². The van der Waals surface area contributed by atoms with Crippen LogP contribution < -0.4 is 10.6 Å². The van der Waals surface area contributed by atoms with E-state index in [2.05, 4.69) is 140 Å². The molecule has 0 nitrogen and oxygen atoms in total. The molecule has 212 valence electrons. The van der Waals surface area contributed by atoms with Crippen molar-refractivity contribution in [2.45, 2.75) is 91.9 Å². The summed E-state index contributed by atoms with van der Waals surface area (Å²) in [5.74, 6) is 0. The van der Waals surface area contributed by atoms with Crippen LogP contribution in [0.2, 0.25) is 0 Å². The average Bonchev–Trinajstić information content (AvgIpc) is 3.32. The molecule has 1 saturated heterocycles. The minimum absolute atomic E-state index is 0.597. The monoisotopic (exact) mass is 677 g/mol. The van der Waals surface area contributed by atoms with Gasteiger partial charge in [-0.2, -0.15) is 0 Å². The summed E-state index contributed by atoms with van der Waals surface area (Å²) in [7, 11) is 3.38. The van der Waals surface area contributed by atoms with Crippen LogP contribution >= 0.6 is 25.5 Å². The van der Waals surface area contributed by atoms with Crippen LogP contribution in [0.4, 0.5) is 0 Å². The molecule has 4 unspecified atom stereocenters. The van der Waals surface area contributed by atoms with Crippen molar-refractivity contribution in [1.82, 2.24) is 0 Å². The van der Waals surface area contributed by atoms with Gasteiger partial charge in [0.05, 0.1) is 26.5 Å². The Morgan fingerprint density at radius 2 is 0.600 bits per heavy atom. The van der Waals surface area contributed by atoms with Gasteiger partial charge < -0.3 is 0 Å². The van der Waals surface area contributed by atoms with Gasteiger partial charge in [-0.15, -0.1) is 0 Å². The van der Waals surface area contributed by atoms with Gasteiger partial charge in [0.2, 0.25) is 0 Å². The molecule has 0 saturated carbocycles. The van der Waals surface area contributed by atoms with Crippen LogP contribution in [0.15, 0.2) is 83.0 Å². The first kappa shape index (κ1) is 31.8. The number of halogens is 1. The van der Waals surface area contributed by atoms with Gasteiger partial charge in [0.25, 0.3) is 0 Å². The fourth-order valence-electron chi connectivity index (χ4n) is 7.69. The molecule has 4 heteroatoms. The first-order chi connectivity index (χ1) is 19.1. The molecule has 3 aromatic carbocycles. The molecular formula is C36H46ClP2Ru+3. The summed E-state index contributed by atoms with van der Waals surface area (Å²) < 4.78 is 0. The van der Waals surface area contributed by atoms with Gasteiger partial charge in [0.15, 0.2) is 0 Å². The summed E-state index contributed by atoms with van der Waals surface area (Å²) >= 11 is 1.82. The van der Waals surface area contributed by atoms with E-state index in [-0.39, 0.29) is 0 Å². The van der Waals surface area contributed by atoms with Crippen molar-refractivity contribution in [2.24, 2.45) is 0 Å². The van der Waals surface area contributed by atoms with Gasteiger partial charge in [0.1, 0.15) is 22.6 Å². The molecule has 1 fully saturated rings. The molecule has 0 spiro atoms. The third-order valence-electron chi connectivity index (χ3n) is 10.7. The number of allylic oxidation sites excluding steroid dienone is 4. The normalized spacial score (nSPS) is 26.3. The Morgan fingerprint density at radius 3 is 0.800 bits per heavy atom. The van der Waals surface area contributed by atoms with Crippen LogP contribution in [0.1, 0.15) is 61.1 Å². The van der Waals surface area contributed by atoms with Crippen LogP contribution in [0.5, 0.6) is 0 Å². The van der Waals surface area contributed by atoms with E-state index in [9.17, 15) is 0 Å². The molecule has 0 aromatic heterocycles. The molecule has 4 bridgehead atoms. The van der Waals surface area contributed by atoms with E-state index in [0.29, 0.717) is 0 Å². The Bertz CT molecular complexity index is 1220. The van der Waals surface area contributed by atoms with E-state index in [4.69, 9.17) is 0 Å². The topological polar surface area (TPSA) is 0 Å². The van der Waals surface area contributed by atoms with Crippen LogP contribution in [-0.2, 0) is 17.3 Å². The van der Waals surface area contributed by atoms with E-state index < -0.39 is 15.8 Å². The van der Waals surface area contributed by atoms with Crippen LogP contribution in [0, 0.1) is 41.5 Å². The zero-order valence-corrected chi connectivity index (χ0v) is 30.3. The van der Waals surface area contributed by atoms with Gasteiger partial charge in [-0.25, -0.2) is 0 Å². The standard InChI is InChI=1S/C24H26P2.C12H18.ClH.Ru/c1-15-16(2)22-24-18(4)17(3)23(26(24)20-13-9-6-10-14-20)21(15)25(22)19-11-7-5-8-12-19;1-7-8(2)10(4)12(6)11(5)9(7)3;;/h5-14,21-24H,1-4H3;1-6H3;1H;/q;;;+2/p+1. The predicted molar refractivity (Wildman–Crippen MR) is 181 cm³/mol. The first-order valence-electron chi connectivity index (χ1n) is 14.4. The fraction of sp³-hybridized carbons (Fsp3) is 0.389. The second-order valence-electron chi connectivity index (χ2n) is 12.0. The average molecular weight is 677 g/mol. The summed E-state index contributed by atoms with van der Waals surface area (Å²) in [6, 6.07) is 23.0. The van der Waals surface area contributed by atoms with Crippen molar-refractivity contribution in [1.29, 1.82) is 0 Å². The van der Waals surface area contributed by atoms with Crippen molar-refractivity contribution in [3.8, 4) is 0 Å². The van der Waals surface area contributed by atoms with Gasteiger partial charge >= 0.3 is 27.0 Å². The third kappa shape index (κ3) is 5.28. The Kier molecular flexibility index (Phi) is 10.4. The van der Waals surface area contributed by atoms with Crippen molar-refractivity contribution in [3.63, 3.8) is 0 Å². The SMILES string of the molecule is CC1=C(C)C2C3C(C)=C(C)C(C1[PH+]2c1ccccc1)[PH+]3c1ccccc1.Cc1c(C)c(C)c(C)c(C)c1C.[Cl][Ru+]. The predicted octanol–water partition coefficient (Wildman–Crippen LogP) is 9.48. The maximum absolute atomic E-state index is 4.57. The molecule has 4 atom stereocenters. The number of hydrogen-bond donors (Lipinski definition) is 0. The van der Waals surface area contributed by atoms with Crippen molar-refractivity contribution in [2.75, 3.05) is 0 Å². The minimum atomic E-state index is -0.597. The summed E-state index contributed by atoms with van der Waals surface area (Å²) in [6.07, 6.45) is 0. The molecule has 0 amide bonds. The molecular weight excluding hydrogens is 631 g/mol. The number of rotatable bonds is 2. The van der Waals surface area contributed by atoms with E-state index in [1.165, 1.54) is 33.4 Å². The second-order valence-corrected chi connectivity index (χ2v) is 17.5. The van der Waals surface area contributed by atoms with Gasteiger partial charge in [0, 0.05) is 0 Å². The summed E-state index contributed by atoms with van der Waals surface area (Å²) in [5, 5.41) is 3.32. The molecule has 0 aliphatic carbocycles. The van der Waals surface area contributed by atoms with E-state index in [1.54, 1.807) is 32.9 Å². The van der Waals surface area contributed by atoms with Gasteiger partial charge in [-0.1, -0.05) is 36.4 Å². The summed E-state index contributed by atoms with van der Waals surface area (Å²) in [4.78, 5) is 0. The third-order valence-corrected chi connectivity index (χ3v) is 19.1. The van der Waals surface area contributed by atoms with Crippen molar-refractivity contribution in [3.05, 3.63) is 116 Å². The Morgan fingerprint density at radius 1 is 0.400 bits per heavy atom. The number of benzene rings is 3. The Hall–Kier alpha value is -1.09. The fourth-order valence-corrected chi connectivity index (χ4v) is 18.4. The van der Waals surface area contributed by atoms with E-state index in [0.717, 1.165) is 22.6 Å². The molecule has 0 radical (unpaired) electrons. The maximum atomic E-state index is 4.57. The summed E-state index contributed by atoms with van der Waals surface area (Å²) in [5.41, 5.74) is 18.9. The second kappa shape index (κ2) is 13.1. The van der Waals surface area contributed by atoms with Crippen LogP contribution in [-0.4, -0.2) is 22.6 Å². The molecule has 3 aliphatic heterocycles. The van der Waals surface area contributed by atoms with Crippen molar-refractivity contribution >= 4 is 36.1 Å². The van der Waals surface area contributed by atoms with Gasteiger partial charge in [-0.3, -0.25) is 0 Å². The van der Waals surface area contributed by atoms with Crippen LogP contribution in [0.25, 0.3) is 0 Å². The van der Waals surface area contributed by atoms with E-state index >= 15 is 0 Å². The van der Waals surface area contributed by atoms with E-state index in [1.807, 2.05) is 17.3 Å². The Labute approximate surface area is 260 Å². The molecule has 40 heavy (non-hydrogen) atoms.